The number of benzene rings is 2. The monoisotopic (exact) mass is 355 g/mol. The molecular weight excluding hydrogens is 333 g/mol. The maximum absolute atomic E-state index is 13.8. The third-order valence-corrected chi connectivity index (χ3v) is 4.76. The lowest BCUT2D eigenvalue weighted by molar-refractivity contribution is 0.0741. The fraction of sp³-hybridized carbons (Fsp3) is 0.300. The molecule has 5 nitrogen and oxygen atoms in total. The summed E-state index contributed by atoms with van der Waals surface area (Å²) in [4.78, 5) is 26.9. The van der Waals surface area contributed by atoms with Gasteiger partial charge in [-0.2, -0.15) is 0 Å². The third-order valence-electron chi connectivity index (χ3n) is 4.76. The van der Waals surface area contributed by atoms with Gasteiger partial charge in [0.15, 0.2) is 0 Å². The van der Waals surface area contributed by atoms with E-state index < -0.39 is 11.7 Å². The van der Waals surface area contributed by atoms with Crippen LogP contribution in [-0.4, -0.2) is 35.8 Å². The molecule has 6 heteroatoms. The molecule has 1 unspecified atom stereocenters. The number of carbonyl (C=O) groups excluding carboxylic acids is 2. The topological polar surface area (TPSA) is 75.4 Å². The number of carbonyl (C=O) groups is 2. The Hall–Kier alpha value is -2.73. The fourth-order valence-electron chi connectivity index (χ4n) is 3.24. The Labute approximate surface area is 152 Å². The van der Waals surface area contributed by atoms with Gasteiger partial charge in [-0.1, -0.05) is 18.2 Å². The van der Waals surface area contributed by atoms with E-state index in [4.69, 9.17) is 5.73 Å². The number of hydrogen-bond acceptors (Lipinski definition) is 3. The van der Waals surface area contributed by atoms with Crippen LogP contribution < -0.4 is 11.1 Å². The van der Waals surface area contributed by atoms with E-state index in [1.165, 1.54) is 18.2 Å². The number of halogens is 1. The molecule has 0 spiro atoms. The van der Waals surface area contributed by atoms with E-state index in [0.29, 0.717) is 24.3 Å². The summed E-state index contributed by atoms with van der Waals surface area (Å²) in [7, 11) is 0. The molecule has 0 saturated carbocycles. The van der Waals surface area contributed by atoms with Crippen molar-refractivity contribution in [3.63, 3.8) is 0 Å². The quantitative estimate of drug-likeness (QED) is 0.885. The minimum atomic E-state index is -0.585. The minimum Gasteiger partial charge on any atom is -0.334 e. The van der Waals surface area contributed by atoms with Crippen LogP contribution in [-0.2, 0) is 0 Å². The minimum absolute atomic E-state index is 0.0358. The van der Waals surface area contributed by atoms with Crippen molar-refractivity contribution in [3.8, 4) is 0 Å². The van der Waals surface area contributed by atoms with Crippen molar-refractivity contribution in [3.05, 3.63) is 65.0 Å². The van der Waals surface area contributed by atoms with Crippen molar-refractivity contribution in [2.24, 2.45) is 5.73 Å². The van der Waals surface area contributed by atoms with E-state index in [0.717, 1.165) is 18.4 Å². The molecule has 0 aliphatic carbocycles. The van der Waals surface area contributed by atoms with Gasteiger partial charge in [-0.05, 0) is 49.6 Å². The second-order valence-corrected chi connectivity index (χ2v) is 6.49. The molecule has 1 aliphatic heterocycles. The molecule has 1 fully saturated rings. The molecule has 2 amide bonds. The average molecular weight is 355 g/mol. The molecule has 0 bridgehead atoms. The summed E-state index contributed by atoms with van der Waals surface area (Å²) in [6, 6.07) is 11.0. The maximum atomic E-state index is 13.8. The first kappa shape index (κ1) is 18.1. The van der Waals surface area contributed by atoms with E-state index in [1.807, 2.05) is 6.92 Å². The van der Waals surface area contributed by atoms with Crippen molar-refractivity contribution < 1.29 is 14.0 Å². The predicted molar refractivity (Wildman–Crippen MR) is 98.6 cm³/mol. The summed E-state index contributed by atoms with van der Waals surface area (Å²) in [6.07, 6.45) is 1.85. The SMILES string of the molecule is Cc1ccc(C(=O)N2CCCC2CN)cc1NC(=O)c1ccccc1F. The van der Waals surface area contributed by atoms with Crippen LogP contribution in [0.1, 0.15) is 39.1 Å². The predicted octanol–water partition coefficient (Wildman–Crippen LogP) is 2.95. The zero-order valence-electron chi connectivity index (χ0n) is 14.7. The van der Waals surface area contributed by atoms with Crippen LogP contribution in [0.5, 0.6) is 0 Å². The normalized spacial score (nSPS) is 16.6. The summed E-state index contributed by atoms with van der Waals surface area (Å²) in [6.45, 7) is 2.95. The van der Waals surface area contributed by atoms with Crippen LogP contribution in [0.4, 0.5) is 10.1 Å². The number of aryl methyl sites for hydroxylation is 1. The van der Waals surface area contributed by atoms with Crippen molar-refractivity contribution in [2.45, 2.75) is 25.8 Å². The Morgan fingerprint density at radius 1 is 1.27 bits per heavy atom. The van der Waals surface area contributed by atoms with Crippen LogP contribution in [0.2, 0.25) is 0 Å². The molecular formula is C20H22FN3O2. The molecule has 3 N–H and O–H groups in total. The van der Waals surface area contributed by atoms with Gasteiger partial charge in [-0.3, -0.25) is 9.59 Å². The number of nitrogens with two attached hydrogens (primary N) is 1. The molecule has 0 radical (unpaired) electrons. The fourth-order valence-corrected chi connectivity index (χ4v) is 3.24. The van der Waals surface area contributed by atoms with Gasteiger partial charge in [0, 0.05) is 30.4 Å². The largest absolute Gasteiger partial charge is 0.334 e. The standard InChI is InChI=1S/C20H22FN3O2/c1-13-8-9-14(20(26)24-10-4-5-15(24)12-22)11-18(13)23-19(25)16-6-2-3-7-17(16)21/h2-3,6-9,11,15H,4-5,10,12,22H2,1H3,(H,23,25). The van der Waals surface area contributed by atoms with E-state index >= 15 is 0 Å². The van der Waals surface area contributed by atoms with Gasteiger partial charge in [-0.25, -0.2) is 4.39 Å². The van der Waals surface area contributed by atoms with Gasteiger partial charge >= 0.3 is 0 Å². The van der Waals surface area contributed by atoms with Crippen LogP contribution in [0.25, 0.3) is 0 Å². The zero-order chi connectivity index (χ0) is 18.7. The third kappa shape index (κ3) is 3.60. The first-order valence-corrected chi connectivity index (χ1v) is 8.69. The van der Waals surface area contributed by atoms with E-state index in [9.17, 15) is 14.0 Å². The molecule has 1 atom stereocenters. The molecule has 136 valence electrons. The van der Waals surface area contributed by atoms with Crippen molar-refractivity contribution in [1.82, 2.24) is 4.90 Å². The molecule has 1 aliphatic rings. The van der Waals surface area contributed by atoms with Gasteiger partial charge in [0.25, 0.3) is 11.8 Å². The van der Waals surface area contributed by atoms with Gasteiger partial charge in [0.2, 0.25) is 0 Å². The highest BCUT2D eigenvalue weighted by Gasteiger charge is 2.28. The number of amides is 2. The van der Waals surface area contributed by atoms with E-state index in [1.54, 1.807) is 29.2 Å². The van der Waals surface area contributed by atoms with Crippen molar-refractivity contribution in [1.29, 1.82) is 0 Å². The molecule has 0 aromatic heterocycles. The summed E-state index contributed by atoms with van der Waals surface area (Å²) in [5.41, 5.74) is 7.49. The number of nitrogens with zero attached hydrogens (tertiary/aromatic N) is 1. The Balaban J connectivity index is 1.83. The van der Waals surface area contributed by atoms with Crippen LogP contribution in [0, 0.1) is 12.7 Å². The van der Waals surface area contributed by atoms with E-state index in [-0.39, 0.29) is 17.5 Å². The number of rotatable bonds is 4. The van der Waals surface area contributed by atoms with Crippen molar-refractivity contribution in [2.75, 3.05) is 18.4 Å². The second-order valence-electron chi connectivity index (χ2n) is 6.49. The Morgan fingerprint density at radius 3 is 2.77 bits per heavy atom. The highest BCUT2D eigenvalue weighted by atomic mass is 19.1. The van der Waals surface area contributed by atoms with E-state index in [2.05, 4.69) is 5.32 Å². The van der Waals surface area contributed by atoms with Crippen LogP contribution in [0.15, 0.2) is 42.5 Å². The number of hydrogen-bond donors (Lipinski definition) is 2. The van der Waals surface area contributed by atoms with Crippen LogP contribution >= 0.6 is 0 Å². The average Bonchev–Trinajstić information content (AvgIpc) is 3.12. The second kappa shape index (κ2) is 7.66. The highest BCUT2D eigenvalue weighted by molar-refractivity contribution is 6.05. The first-order valence-electron chi connectivity index (χ1n) is 8.69. The van der Waals surface area contributed by atoms with Gasteiger partial charge in [-0.15, -0.1) is 0 Å². The Kier molecular flexibility index (Phi) is 5.32. The van der Waals surface area contributed by atoms with Gasteiger partial charge in [0.05, 0.1) is 5.56 Å². The summed E-state index contributed by atoms with van der Waals surface area (Å²) in [5.74, 6) is -1.23. The first-order chi connectivity index (χ1) is 12.5. The van der Waals surface area contributed by atoms with Gasteiger partial charge < -0.3 is 16.0 Å². The lowest BCUT2D eigenvalue weighted by Gasteiger charge is -2.24. The molecule has 3 rings (SSSR count). The molecule has 26 heavy (non-hydrogen) atoms. The summed E-state index contributed by atoms with van der Waals surface area (Å²) < 4.78 is 13.8. The number of nitrogens with one attached hydrogen (secondary N) is 1. The molecule has 1 heterocycles. The zero-order valence-corrected chi connectivity index (χ0v) is 14.7. The van der Waals surface area contributed by atoms with Crippen LogP contribution in [0.3, 0.4) is 0 Å². The smallest absolute Gasteiger partial charge is 0.258 e. The Bertz CT molecular complexity index is 838. The molecule has 2 aromatic rings. The van der Waals surface area contributed by atoms with Gasteiger partial charge in [0.1, 0.15) is 5.82 Å². The molecule has 1 saturated heterocycles. The highest BCUT2D eigenvalue weighted by Crippen LogP contribution is 2.23. The molecule has 2 aromatic carbocycles. The number of anilines is 1. The Morgan fingerprint density at radius 2 is 2.04 bits per heavy atom. The number of likely N-dealkylation sites (tertiary alicyclic amines) is 1. The lowest BCUT2D eigenvalue weighted by atomic mass is 10.1. The van der Waals surface area contributed by atoms with Crippen molar-refractivity contribution >= 4 is 17.5 Å². The summed E-state index contributed by atoms with van der Waals surface area (Å²) in [5, 5.41) is 2.70. The summed E-state index contributed by atoms with van der Waals surface area (Å²) >= 11 is 0. The lowest BCUT2D eigenvalue weighted by Crippen LogP contribution is -2.39. The maximum Gasteiger partial charge on any atom is 0.258 e.